The molecule has 4 aliphatic rings. The van der Waals surface area contributed by atoms with Crippen LogP contribution in [0.3, 0.4) is 0 Å². The molecular formula is C22H23NO. The predicted octanol–water partition coefficient (Wildman–Crippen LogP) is 5.03. The van der Waals surface area contributed by atoms with Gasteiger partial charge in [-0.2, -0.15) is 0 Å². The summed E-state index contributed by atoms with van der Waals surface area (Å²) in [4.78, 5) is 17.7. The molecule has 1 aromatic carbocycles. The molecule has 0 unspecified atom stereocenters. The molecule has 4 saturated carbocycles. The third-order valence-electron chi connectivity index (χ3n) is 6.59. The second-order valence-corrected chi connectivity index (χ2v) is 8.32. The Morgan fingerprint density at radius 2 is 1.62 bits per heavy atom. The number of carbonyl (C=O) groups excluding carboxylic acids is 1. The van der Waals surface area contributed by atoms with Gasteiger partial charge in [-0.3, -0.25) is 4.79 Å². The maximum atomic E-state index is 13.0. The van der Waals surface area contributed by atoms with Crippen LogP contribution >= 0.6 is 0 Å². The Kier molecular flexibility index (Phi) is 3.16. The van der Waals surface area contributed by atoms with Crippen LogP contribution in [0.1, 0.15) is 44.2 Å². The summed E-state index contributed by atoms with van der Waals surface area (Å²) in [5.74, 6) is 2.80. The van der Waals surface area contributed by atoms with Crippen LogP contribution in [0.15, 0.2) is 42.5 Å². The Balaban J connectivity index is 1.40. The minimum Gasteiger partial charge on any atom is -0.294 e. The van der Waals surface area contributed by atoms with Crippen molar-refractivity contribution in [2.45, 2.75) is 38.5 Å². The van der Waals surface area contributed by atoms with E-state index in [-0.39, 0.29) is 5.41 Å². The van der Waals surface area contributed by atoms with Crippen molar-refractivity contribution >= 4 is 22.8 Å². The van der Waals surface area contributed by atoms with Gasteiger partial charge in [0.15, 0.2) is 5.78 Å². The van der Waals surface area contributed by atoms with Crippen molar-refractivity contribution in [2.75, 3.05) is 0 Å². The number of para-hydroxylation sites is 1. The molecule has 4 aliphatic carbocycles. The first-order valence-electron chi connectivity index (χ1n) is 9.28. The van der Waals surface area contributed by atoms with Crippen molar-refractivity contribution in [3.63, 3.8) is 0 Å². The average molecular weight is 317 g/mol. The summed E-state index contributed by atoms with van der Waals surface area (Å²) in [5, 5.41) is 1.14. The molecule has 0 aliphatic heterocycles. The molecule has 0 atom stereocenters. The molecule has 0 N–H and O–H groups in total. The standard InChI is InChI=1S/C22H23NO/c24-21(22-12-15-9-16(13-22)11-17(10-15)14-22)8-7-19-6-5-18-3-1-2-4-20(18)23-19/h1-8,15-17H,9-14H2. The van der Waals surface area contributed by atoms with E-state index in [2.05, 4.69) is 17.1 Å². The first-order valence-corrected chi connectivity index (χ1v) is 9.28. The maximum Gasteiger partial charge on any atom is 0.161 e. The monoisotopic (exact) mass is 317 g/mol. The van der Waals surface area contributed by atoms with Gasteiger partial charge in [0.05, 0.1) is 11.2 Å². The number of pyridine rings is 1. The number of nitrogens with zero attached hydrogens (tertiary/aromatic N) is 1. The van der Waals surface area contributed by atoms with Gasteiger partial charge in [-0.25, -0.2) is 4.98 Å². The Morgan fingerprint density at radius 1 is 0.958 bits per heavy atom. The summed E-state index contributed by atoms with van der Waals surface area (Å²) >= 11 is 0. The highest BCUT2D eigenvalue weighted by Crippen LogP contribution is 2.60. The third kappa shape index (κ3) is 2.31. The van der Waals surface area contributed by atoms with Crippen LogP contribution in [0.2, 0.25) is 0 Å². The predicted molar refractivity (Wildman–Crippen MR) is 96.4 cm³/mol. The number of carbonyl (C=O) groups is 1. The molecule has 1 heterocycles. The summed E-state index contributed by atoms with van der Waals surface area (Å²) in [5.41, 5.74) is 1.83. The van der Waals surface area contributed by atoms with Crippen molar-refractivity contribution in [3.05, 3.63) is 48.2 Å². The van der Waals surface area contributed by atoms with Gasteiger partial charge in [0.2, 0.25) is 0 Å². The van der Waals surface area contributed by atoms with E-state index in [1.165, 1.54) is 19.3 Å². The summed E-state index contributed by atoms with van der Waals surface area (Å²) in [6.07, 6.45) is 11.3. The molecule has 122 valence electrons. The van der Waals surface area contributed by atoms with Crippen LogP contribution in [0, 0.1) is 23.2 Å². The molecular weight excluding hydrogens is 294 g/mol. The van der Waals surface area contributed by atoms with E-state index in [1.807, 2.05) is 36.4 Å². The fraction of sp³-hybridized carbons (Fsp3) is 0.455. The van der Waals surface area contributed by atoms with Gasteiger partial charge in [-0.15, -0.1) is 0 Å². The number of hydrogen-bond acceptors (Lipinski definition) is 2. The van der Waals surface area contributed by atoms with Gasteiger partial charge in [0, 0.05) is 10.8 Å². The lowest BCUT2D eigenvalue weighted by molar-refractivity contribution is -0.138. The number of hydrogen-bond donors (Lipinski definition) is 0. The molecule has 24 heavy (non-hydrogen) atoms. The van der Waals surface area contributed by atoms with Crippen LogP contribution < -0.4 is 0 Å². The highest BCUT2D eigenvalue weighted by atomic mass is 16.1. The van der Waals surface area contributed by atoms with Crippen LogP contribution in [0.5, 0.6) is 0 Å². The van der Waals surface area contributed by atoms with Crippen molar-refractivity contribution in [3.8, 4) is 0 Å². The average Bonchev–Trinajstić information content (AvgIpc) is 2.58. The second kappa shape index (κ2) is 5.27. The van der Waals surface area contributed by atoms with Crippen LogP contribution in [-0.2, 0) is 4.79 Å². The Hall–Kier alpha value is -1.96. The van der Waals surface area contributed by atoms with Crippen molar-refractivity contribution in [2.24, 2.45) is 23.2 Å². The van der Waals surface area contributed by atoms with Gasteiger partial charge in [0.1, 0.15) is 0 Å². The molecule has 6 rings (SSSR count). The second-order valence-electron chi connectivity index (χ2n) is 8.32. The van der Waals surface area contributed by atoms with Crippen molar-refractivity contribution in [1.29, 1.82) is 0 Å². The smallest absolute Gasteiger partial charge is 0.161 e. The zero-order valence-corrected chi connectivity index (χ0v) is 13.9. The summed E-state index contributed by atoms with van der Waals surface area (Å²) in [6, 6.07) is 12.2. The van der Waals surface area contributed by atoms with E-state index in [0.29, 0.717) is 5.78 Å². The lowest BCUT2D eigenvalue weighted by atomic mass is 9.48. The first-order chi connectivity index (χ1) is 11.7. The molecule has 2 heteroatoms. The zero-order valence-electron chi connectivity index (χ0n) is 13.9. The summed E-state index contributed by atoms with van der Waals surface area (Å²) in [7, 11) is 0. The van der Waals surface area contributed by atoms with Crippen LogP contribution in [0.25, 0.3) is 17.0 Å². The van der Waals surface area contributed by atoms with E-state index in [9.17, 15) is 4.79 Å². The lowest BCUT2D eigenvalue weighted by Crippen LogP contribution is -2.49. The number of allylic oxidation sites excluding steroid dienone is 1. The zero-order chi connectivity index (χ0) is 16.1. The van der Waals surface area contributed by atoms with Crippen LogP contribution in [0.4, 0.5) is 0 Å². The molecule has 2 nitrogen and oxygen atoms in total. The normalized spacial score (nSPS) is 34.2. The maximum absolute atomic E-state index is 13.0. The third-order valence-corrected chi connectivity index (χ3v) is 6.59. The fourth-order valence-corrected chi connectivity index (χ4v) is 5.92. The van der Waals surface area contributed by atoms with Gasteiger partial charge in [-0.1, -0.05) is 24.3 Å². The van der Waals surface area contributed by atoms with Gasteiger partial charge < -0.3 is 0 Å². The largest absolute Gasteiger partial charge is 0.294 e. The number of ketones is 1. The van der Waals surface area contributed by atoms with Gasteiger partial charge in [-0.05, 0) is 80.6 Å². The first kappa shape index (κ1) is 14.4. The number of rotatable bonds is 3. The highest BCUT2D eigenvalue weighted by molar-refractivity contribution is 5.98. The number of aromatic nitrogens is 1. The topological polar surface area (TPSA) is 30.0 Å². The van der Waals surface area contributed by atoms with E-state index < -0.39 is 0 Å². The summed E-state index contributed by atoms with van der Waals surface area (Å²) < 4.78 is 0. The van der Waals surface area contributed by atoms with E-state index in [4.69, 9.17) is 0 Å². The SMILES string of the molecule is O=C(C=Cc1ccc2ccccc2n1)C12CC3CC(CC(C3)C1)C2. The number of benzene rings is 1. The Labute approximate surface area is 143 Å². The van der Waals surface area contributed by atoms with E-state index >= 15 is 0 Å². The molecule has 4 fully saturated rings. The minimum atomic E-state index is -0.0396. The van der Waals surface area contributed by atoms with Crippen molar-refractivity contribution in [1.82, 2.24) is 4.98 Å². The molecule has 0 saturated heterocycles. The Morgan fingerprint density at radius 3 is 2.33 bits per heavy atom. The summed E-state index contributed by atoms with van der Waals surface area (Å²) in [6.45, 7) is 0. The molecule has 0 amide bonds. The Bertz CT molecular complexity index is 799. The van der Waals surface area contributed by atoms with E-state index in [1.54, 1.807) is 0 Å². The molecule has 2 aromatic rings. The number of fused-ring (bicyclic) bond motifs is 1. The van der Waals surface area contributed by atoms with Crippen LogP contribution in [-0.4, -0.2) is 10.8 Å². The lowest BCUT2D eigenvalue weighted by Gasteiger charge is -2.55. The molecule has 0 spiro atoms. The van der Waals surface area contributed by atoms with Crippen molar-refractivity contribution < 1.29 is 4.79 Å². The quantitative estimate of drug-likeness (QED) is 0.743. The van der Waals surface area contributed by atoms with Gasteiger partial charge in [0.25, 0.3) is 0 Å². The molecule has 1 aromatic heterocycles. The fourth-order valence-electron chi connectivity index (χ4n) is 5.92. The molecule has 4 bridgehead atoms. The molecule has 0 radical (unpaired) electrons. The highest BCUT2D eigenvalue weighted by Gasteiger charge is 2.53. The van der Waals surface area contributed by atoms with E-state index in [0.717, 1.165) is 53.6 Å². The van der Waals surface area contributed by atoms with Gasteiger partial charge >= 0.3 is 0 Å². The minimum absolute atomic E-state index is 0.0396.